The van der Waals surface area contributed by atoms with E-state index in [2.05, 4.69) is 117 Å². The summed E-state index contributed by atoms with van der Waals surface area (Å²) in [7, 11) is 0. The zero-order chi connectivity index (χ0) is 23.0. The zero-order valence-corrected chi connectivity index (χ0v) is 19.4. The lowest BCUT2D eigenvalue weighted by Crippen LogP contribution is -2.12. The maximum absolute atomic E-state index is 6.72. The third kappa shape index (κ3) is 5.39. The van der Waals surface area contributed by atoms with Crippen LogP contribution in [-0.2, 0) is 0 Å². The Morgan fingerprint density at radius 1 is 0.697 bits per heavy atom. The lowest BCUT2D eigenvalue weighted by atomic mass is 9.91. The van der Waals surface area contributed by atoms with Crippen LogP contribution in [0.2, 0.25) is 0 Å². The number of hydrogen-bond acceptors (Lipinski definition) is 1. The van der Waals surface area contributed by atoms with E-state index in [1.54, 1.807) is 0 Å². The second kappa shape index (κ2) is 10.8. The predicted octanol–water partition coefficient (Wildman–Crippen LogP) is 8.44. The Hall–Kier alpha value is -3.68. The quantitative estimate of drug-likeness (QED) is 0.293. The molecule has 0 aliphatic heterocycles. The second-order valence-electron chi connectivity index (χ2n) is 8.23. The van der Waals surface area contributed by atoms with Crippen LogP contribution in [-0.4, -0.2) is 0 Å². The van der Waals surface area contributed by atoms with Crippen LogP contribution in [0, 0.1) is 0 Å². The van der Waals surface area contributed by atoms with E-state index >= 15 is 0 Å². The summed E-state index contributed by atoms with van der Waals surface area (Å²) in [5, 5.41) is 0. The van der Waals surface area contributed by atoms with Gasteiger partial charge < -0.3 is 5.73 Å². The molecule has 4 aromatic rings. The highest BCUT2D eigenvalue weighted by Gasteiger charge is 2.13. The molecule has 33 heavy (non-hydrogen) atoms. The van der Waals surface area contributed by atoms with Crippen LogP contribution in [0.15, 0.2) is 121 Å². The summed E-state index contributed by atoms with van der Waals surface area (Å²) in [6.45, 7) is 4.24. The van der Waals surface area contributed by atoms with Crippen LogP contribution in [0.3, 0.4) is 0 Å². The molecule has 4 rings (SSSR count). The summed E-state index contributed by atoms with van der Waals surface area (Å²) >= 11 is 0. The van der Waals surface area contributed by atoms with Gasteiger partial charge in [0.05, 0.1) is 6.04 Å². The average Bonchev–Trinajstić information content (AvgIpc) is 2.90. The van der Waals surface area contributed by atoms with Crippen molar-refractivity contribution in [2.45, 2.75) is 26.3 Å². The maximum Gasteiger partial charge on any atom is 0.0552 e. The van der Waals surface area contributed by atoms with Gasteiger partial charge in [-0.3, -0.25) is 0 Å². The minimum atomic E-state index is -0.179. The molecule has 1 atom stereocenters. The molecule has 1 nitrogen and oxygen atoms in total. The van der Waals surface area contributed by atoms with Gasteiger partial charge in [0, 0.05) is 0 Å². The Morgan fingerprint density at radius 3 is 1.85 bits per heavy atom. The lowest BCUT2D eigenvalue weighted by molar-refractivity contribution is 0.872. The van der Waals surface area contributed by atoms with Gasteiger partial charge in [0.15, 0.2) is 0 Å². The van der Waals surface area contributed by atoms with Crippen molar-refractivity contribution in [1.82, 2.24) is 0 Å². The number of nitrogens with two attached hydrogens (primary N) is 1. The van der Waals surface area contributed by atoms with E-state index < -0.39 is 0 Å². The molecular formula is C32H31N. The largest absolute Gasteiger partial charge is 0.320 e. The van der Waals surface area contributed by atoms with Crippen molar-refractivity contribution in [1.29, 1.82) is 0 Å². The van der Waals surface area contributed by atoms with Crippen molar-refractivity contribution < 1.29 is 0 Å². The molecule has 0 fully saturated rings. The van der Waals surface area contributed by atoms with Crippen molar-refractivity contribution in [3.05, 3.63) is 138 Å². The highest BCUT2D eigenvalue weighted by atomic mass is 14.6. The van der Waals surface area contributed by atoms with Crippen LogP contribution >= 0.6 is 0 Å². The molecule has 1 unspecified atom stereocenters. The Balaban J connectivity index is 1.77. The monoisotopic (exact) mass is 429 g/mol. The van der Waals surface area contributed by atoms with Crippen molar-refractivity contribution in [3.8, 4) is 22.3 Å². The first-order valence-electron chi connectivity index (χ1n) is 11.6. The fourth-order valence-corrected chi connectivity index (χ4v) is 4.11. The van der Waals surface area contributed by atoms with Gasteiger partial charge in [0.25, 0.3) is 0 Å². The maximum atomic E-state index is 6.72. The summed E-state index contributed by atoms with van der Waals surface area (Å²) in [6, 6.07) is 36.2. The molecule has 0 spiro atoms. The molecule has 0 saturated heterocycles. The van der Waals surface area contributed by atoms with E-state index in [0.29, 0.717) is 0 Å². The van der Waals surface area contributed by atoms with Crippen molar-refractivity contribution >= 4 is 5.57 Å². The molecule has 4 aromatic carbocycles. The molecule has 0 radical (unpaired) electrons. The van der Waals surface area contributed by atoms with Gasteiger partial charge in [-0.1, -0.05) is 110 Å². The Kier molecular flexibility index (Phi) is 7.34. The standard InChI is InChI=1S/C32H31N/c1-3-5-12-24(4-2)26-17-19-27(20-18-26)30-21-29(25-13-8-6-9-14-25)22-31(23-30)32(33)28-15-10-7-11-16-28/h4-23,32H,3,33H2,1-2H3/b12-5-,24-4+. The van der Waals surface area contributed by atoms with Gasteiger partial charge in [0.1, 0.15) is 0 Å². The van der Waals surface area contributed by atoms with Crippen LogP contribution in [0.5, 0.6) is 0 Å². The summed E-state index contributed by atoms with van der Waals surface area (Å²) in [5.41, 5.74) is 16.2. The molecule has 164 valence electrons. The first-order chi connectivity index (χ1) is 16.2. The molecule has 0 aliphatic rings. The molecule has 0 heterocycles. The van der Waals surface area contributed by atoms with E-state index in [9.17, 15) is 0 Å². The fourth-order valence-electron chi connectivity index (χ4n) is 4.11. The average molecular weight is 430 g/mol. The van der Waals surface area contributed by atoms with Gasteiger partial charge in [-0.2, -0.15) is 0 Å². The van der Waals surface area contributed by atoms with Gasteiger partial charge in [-0.25, -0.2) is 0 Å². The Morgan fingerprint density at radius 2 is 1.27 bits per heavy atom. The topological polar surface area (TPSA) is 26.0 Å². The number of benzene rings is 4. The summed E-state index contributed by atoms with van der Waals surface area (Å²) < 4.78 is 0. The summed E-state index contributed by atoms with van der Waals surface area (Å²) in [4.78, 5) is 0. The van der Waals surface area contributed by atoms with Crippen LogP contribution in [0.4, 0.5) is 0 Å². The number of allylic oxidation sites excluding steroid dienone is 4. The Bertz CT molecular complexity index is 1230. The SMILES string of the molecule is C/C=C(\C=C/CC)c1ccc(-c2cc(-c3ccccc3)cc(C(N)c3ccccc3)c2)cc1. The number of hydrogen-bond donors (Lipinski definition) is 1. The first-order valence-corrected chi connectivity index (χ1v) is 11.6. The Labute approximate surface area is 197 Å². The molecule has 0 bridgehead atoms. The molecule has 1 heteroatoms. The van der Waals surface area contributed by atoms with Crippen molar-refractivity contribution in [3.63, 3.8) is 0 Å². The zero-order valence-electron chi connectivity index (χ0n) is 19.4. The first kappa shape index (κ1) is 22.5. The predicted molar refractivity (Wildman–Crippen MR) is 143 cm³/mol. The molecule has 0 aliphatic carbocycles. The fraction of sp³-hybridized carbons (Fsp3) is 0.125. The third-order valence-electron chi connectivity index (χ3n) is 5.98. The third-order valence-corrected chi connectivity index (χ3v) is 5.98. The summed E-state index contributed by atoms with van der Waals surface area (Å²) in [6.07, 6.45) is 7.59. The molecule has 0 aromatic heterocycles. The van der Waals surface area contributed by atoms with Gasteiger partial charge in [-0.15, -0.1) is 0 Å². The van der Waals surface area contributed by atoms with Crippen LogP contribution in [0.1, 0.15) is 43.0 Å². The van der Waals surface area contributed by atoms with Crippen LogP contribution < -0.4 is 5.73 Å². The van der Waals surface area contributed by atoms with E-state index in [1.165, 1.54) is 33.4 Å². The van der Waals surface area contributed by atoms with E-state index in [0.717, 1.165) is 17.5 Å². The minimum absolute atomic E-state index is 0.179. The number of rotatable bonds is 7. The van der Waals surface area contributed by atoms with E-state index in [4.69, 9.17) is 5.73 Å². The van der Waals surface area contributed by atoms with Crippen molar-refractivity contribution in [2.75, 3.05) is 0 Å². The molecule has 2 N–H and O–H groups in total. The lowest BCUT2D eigenvalue weighted by Gasteiger charge is -2.17. The van der Waals surface area contributed by atoms with Crippen molar-refractivity contribution in [2.24, 2.45) is 5.73 Å². The van der Waals surface area contributed by atoms with Crippen LogP contribution in [0.25, 0.3) is 27.8 Å². The van der Waals surface area contributed by atoms with E-state index in [-0.39, 0.29) is 6.04 Å². The minimum Gasteiger partial charge on any atom is -0.320 e. The highest BCUT2D eigenvalue weighted by molar-refractivity contribution is 5.78. The van der Waals surface area contributed by atoms with Gasteiger partial charge in [-0.05, 0) is 76.1 Å². The van der Waals surface area contributed by atoms with Gasteiger partial charge in [0.2, 0.25) is 0 Å². The van der Waals surface area contributed by atoms with E-state index in [1.807, 2.05) is 18.2 Å². The molecular weight excluding hydrogens is 398 g/mol. The van der Waals surface area contributed by atoms with Gasteiger partial charge >= 0.3 is 0 Å². The highest BCUT2D eigenvalue weighted by Crippen LogP contribution is 2.32. The summed E-state index contributed by atoms with van der Waals surface area (Å²) in [5.74, 6) is 0. The smallest absolute Gasteiger partial charge is 0.0552 e. The normalized spacial score (nSPS) is 12.8. The molecule has 0 saturated carbocycles. The molecule has 0 amide bonds. The second-order valence-corrected chi connectivity index (χ2v) is 8.23.